The molecule has 5 heteroatoms. The predicted octanol–water partition coefficient (Wildman–Crippen LogP) is 2.36. The summed E-state index contributed by atoms with van der Waals surface area (Å²) < 4.78 is 0. The maximum atomic E-state index is 11.8. The Kier molecular flexibility index (Phi) is 6.12. The minimum Gasteiger partial charge on any atom is -0.480 e. The van der Waals surface area contributed by atoms with Crippen molar-refractivity contribution in [3.63, 3.8) is 0 Å². The summed E-state index contributed by atoms with van der Waals surface area (Å²) in [6.07, 6.45) is 5.48. The average molecular weight is 270 g/mol. The van der Waals surface area contributed by atoms with E-state index in [1.165, 1.54) is 6.42 Å². The van der Waals surface area contributed by atoms with Crippen molar-refractivity contribution in [2.45, 2.75) is 65.0 Å². The first kappa shape index (κ1) is 15.8. The van der Waals surface area contributed by atoms with Crippen LogP contribution in [0.15, 0.2) is 0 Å². The second-order valence-electron chi connectivity index (χ2n) is 5.80. The van der Waals surface area contributed by atoms with Crippen LogP contribution < -0.4 is 10.6 Å². The van der Waals surface area contributed by atoms with Gasteiger partial charge in [0, 0.05) is 6.04 Å². The first-order valence-electron chi connectivity index (χ1n) is 7.23. The van der Waals surface area contributed by atoms with E-state index < -0.39 is 12.0 Å². The second kappa shape index (κ2) is 7.36. The Labute approximate surface area is 115 Å². The van der Waals surface area contributed by atoms with Crippen molar-refractivity contribution in [2.24, 2.45) is 11.8 Å². The van der Waals surface area contributed by atoms with E-state index in [2.05, 4.69) is 17.6 Å². The van der Waals surface area contributed by atoms with Crippen LogP contribution in [0.2, 0.25) is 0 Å². The smallest absolute Gasteiger partial charge is 0.326 e. The molecular formula is C14H26N2O3. The molecule has 0 spiro atoms. The fourth-order valence-electron chi connectivity index (χ4n) is 2.60. The lowest BCUT2D eigenvalue weighted by Gasteiger charge is -2.29. The van der Waals surface area contributed by atoms with E-state index in [0.29, 0.717) is 0 Å². The van der Waals surface area contributed by atoms with Crippen LogP contribution in [-0.2, 0) is 4.79 Å². The van der Waals surface area contributed by atoms with Gasteiger partial charge in [-0.1, -0.05) is 27.2 Å². The maximum Gasteiger partial charge on any atom is 0.326 e. The van der Waals surface area contributed by atoms with Crippen LogP contribution in [0.5, 0.6) is 0 Å². The summed E-state index contributed by atoms with van der Waals surface area (Å²) in [4.78, 5) is 22.8. The fourth-order valence-corrected chi connectivity index (χ4v) is 2.60. The number of carboxylic acid groups (broad SMARTS) is 1. The van der Waals surface area contributed by atoms with E-state index in [1.54, 1.807) is 13.8 Å². The van der Waals surface area contributed by atoms with E-state index in [-0.39, 0.29) is 18.0 Å². The molecule has 0 aromatic heterocycles. The molecule has 0 aromatic rings. The summed E-state index contributed by atoms with van der Waals surface area (Å²) >= 11 is 0. The summed E-state index contributed by atoms with van der Waals surface area (Å²) in [6.45, 7) is 5.77. The Bertz CT molecular complexity index is 310. The van der Waals surface area contributed by atoms with Crippen molar-refractivity contribution in [3.05, 3.63) is 0 Å². The lowest BCUT2D eigenvalue weighted by atomic mass is 9.84. The van der Waals surface area contributed by atoms with Crippen molar-refractivity contribution in [1.82, 2.24) is 10.6 Å². The third-order valence-corrected chi connectivity index (χ3v) is 3.98. The van der Waals surface area contributed by atoms with Crippen LogP contribution in [0.3, 0.4) is 0 Å². The largest absolute Gasteiger partial charge is 0.480 e. The molecule has 0 aliphatic heterocycles. The first-order valence-corrected chi connectivity index (χ1v) is 7.23. The minimum absolute atomic E-state index is 0.126. The second-order valence-corrected chi connectivity index (χ2v) is 5.80. The van der Waals surface area contributed by atoms with Crippen molar-refractivity contribution >= 4 is 12.0 Å². The maximum absolute atomic E-state index is 11.8. The first-order chi connectivity index (χ1) is 8.93. The third kappa shape index (κ3) is 5.09. The van der Waals surface area contributed by atoms with Crippen LogP contribution in [0.1, 0.15) is 52.9 Å². The molecule has 110 valence electrons. The van der Waals surface area contributed by atoms with Gasteiger partial charge in [0.25, 0.3) is 0 Å². The van der Waals surface area contributed by atoms with Crippen molar-refractivity contribution < 1.29 is 14.7 Å². The summed E-state index contributed by atoms with van der Waals surface area (Å²) in [7, 11) is 0. The van der Waals surface area contributed by atoms with Crippen LogP contribution in [0.25, 0.3) is 0 Å². The van der Waals surface area contributed by atoms with Crippen LogP contribution in [-0.4, -0.2) is 29.2 Å². The van der Waals surface area contributed by atoms with Crippen molar-refractivity contribution in [1.29, 1.82) is 0 Å². The normalized spacial score (nSPS) is 24.8. The molecule has 0 bridgehead atoms. The third-order valence-electron chi connectivity index (χ3n) is 3.98. The molecule has 0 saturated heterocycles. The highest BCUT2D eigenvalue weighted by molar-refractivity contribution is 5.82. The Morgan fingerprint density at radius 3 is 2.21 bits per heavy atom. The molecule has 1 aliphatic carbocycles. The topological polar surface area (TPSA) is 78.4 Å². The Morgan fingerprint density at radius 1 is 1.21 bits per heavy atom. The van der Waals surface area contributed by atoms with Gasteiger partial charge in [-0.3, -0.25) is 0 Å². The molecule has 5 nitrogen and oxygen atoms in total. The van der Waals surface area contributed by atoms with Gasteiger partial charge in [0.15, 0.2) is 0 Å². The van der Waals surface area contributed by atoms with E-state index in [1.807, 2.05) is 0 Å². The number of hydrogen-bond acceptors (Lipinski definition) is 2. The SMILES string of the molecule is CCC1CCC(NC(=O)N[C@@H](C(=O)O)C(C)C)CC1. The predicted molar refractivity (Wildman–Crippen MR) is 74.0 cm³/mol. The standard InChI is InChI=1S/C14H26N2O3/c1-4-10-5-7-11(8-6-10)15-14(19)16-12(9(2)3)13(17)18/h9-12H,4-8H2,1-3H3,(H,17,18)(H2,15,16,19)/t10?,11?,12-/m1/s1. The van der Waals surface area contributed by atoms with Crippen molar-refractivity contribution in [3.8, 4) is 0 Å². The molecule has 0 aromatic carbocycles. The molecule has 1 saturated carbocycles. The van der Waals surface area contributed by atoms with Gasteiger partial charge >= 0.3 is 12.0 Å². The van der Waals surface area contributed by atoms with Gasteiger partial charge in [-0.15, -0.1) is 0 Å². The summed E-state index contributed by atoms with van der Waals surface area (Å²) in [5.41, 5.74) is 0. The lowest BCUT2D eigenvalue weighted by Crippen LogP contribution is -2.51. The van der Waals surface area contributed by atoms with Crippen LogP contribution in [0.4, 0.5) is 4.79 Å². The van der Waals surface area contributed by atoms with Crippen molar-refractivity contribution in [2.75, 3.05) is 0 Å². The Balaban J connectivity index is 2.37. The number of carbonyl (C=O) groups excluding carboxylic acids is 1. The van der Waals surface area contributed by atoms with Crippen LogP contribution in [0, 0.1) is 11.8 Å². The lowest BCUT2D eigenvalue weighted by molar-refractivity contribution is -0.140. The fraction of sp³-hybridized carbons (Fsp3) is 0.857. The number of aliphatic carboxylic acids is 1. The van der Waals surface area contributed by atoms with E-state index in [9.17, 15) is 9.59 Å². The summed E-state index contributed by atoms with van der Waals surface area (Å²) in [6, 6.07) is -1.00. The molecule has 0 unspecified atom stereocenters. The molecule has 3 N–H and O–H groups in total. The van der Waals surface area contributed by atoms with Gasteiger partial charge in [-0.2, -0.15) is 0 Å². The molecular weight excluding hydrogens is 244 g/mol. The number of carboxylic acids is 1. The quantitative estimate of drug-likeness (QED) is 0.717. The molecule has 1 fully saturated rings. The zero-order valence-electron chi connectivity index (χ0n) is 12.1. The summed E-state index contributed by atoms with van der Waals surface area (Å²) in [5, 5.41) is 14.5. The molecule has 2 amide bonds. The molecule has 1 atom stereocenters. The average Bonchev–Trinajstić information content (AvgIpc) is 2.36. The zero-order chi connectivity index (χ0) is 14.4. The summed E-state index contributed by atoms with van der Waals surface area (Å²) in [5.74, 6) is -0.331. The number of rotatable bonds is 5. The van der Waals surface area contributed by atoms with E-state index >= 15 is 0 Å². The van der Waals surface area contributed by atoms with E-state index in [4.69, 9.17) is 5.11 Å². The molecule has 1 rings (SSSR count). The molecule has 0 radical (unpaired) electrons. The van der Waals surface area contributed by atoms with E-state index in [0.717, 1.165) is 31.6 Å². The van der Waals surface area contributed by atoms with Gasteiger partial charge in [0.05, 0.1) is 0 Å². The van der Waals surface area contributed by atoms with Gasteiger partial charge in [-0.25, -0.2) is 9.59 Å². The highest BCUT2D eigenvalue weighted by Gasteiger charge is 2.26. The van der Waals surface area contributed by atoms with Gasteiger partial charge < -0.3 is 15.7 Å². The number of hydrogen-bond donors (Lipinski definition) is 3. The highest BCUT2D eigenvalue weighted by Crippen LogP contribution is 2.26. The highest BCUT2D eigenvalue weighted by atomic mass is 16.4. The number of nitrogens with one attached hydrogen (secondary N) is 2. The van der Waals surface area contributed by atoms with Gasteiger partial charge in [-0.05, 0) is 37.5 Å². The number of urea groups is 1. The monoisotopic (exact) mass is 270 g/mol. The number of carbonyl (C=O) groups is 2. The van der Waals surface area contributed by atoms with Crippen LogP contribution >= 0.6 is 0 Å². The minimum atomic E-state index is -0.986. The molecule has 0 heterocycles. The van der Waals surface area contributed by atoms with Gasteiger partial charge in [0.1, 0.15) is 6.04 Å². The van der Waals surface area contributed by atoms with Gasteiger partial charge in [0.2, 0.25) is 0 Å². The molecule has 1 aliphatic rings. The molecule has 19 heavy (non-hydrogen) atoms. The Morgan fingerprint density at radius 2 is 1.79 bits per heavy atom. The number of amides is 2. The Hall–Kier alpha value is -1.26. The zero-order valence-corrected chi connectivity index (χ0v) is 12.1.